The number of aromatic nitrogens is 2. The molecule has 136 valence electrons. The Hall–Kier alpha value is -1.89. The predicted octanol–water partition coefficient (Wildman–Crippen LogP) is 2.18. The van der Waals surface area contributed by atoms with Crippen molar-refractivity contribution >= 4 is 0 Å². The highest BCUT2D eigenvalue weighted by Crippen LogP contribution is 2.24. The summed E-state index contributed by atoms with van der Waals surface area (Å²) in [5, 5.41) is 10.3. The Balaban J connectivity index is 1.40. The van der Waals surface area contributed by atoms with E-state index in [1.165, 1.54) is 0 Å². The van der Waals surface area contributed by atoms with Crippen LogP contribution in [0.5, 0.6) is 5.75 Å². The molecule has 2 heterocycles. The molecule has 3 rings (SSSR count). The Kier molecular flexibility index (Phi) is 6.44. The van der Waals surface area contributed by atoms with E-state index in [0.717, 1.165) is 43.1 Å². The van der Waals surface area contributed by atoms with Crippen LogP contribution in [0.3, 0.4) is 0 Å². The Labute approximate surface area is 148 Å². The number of hydrogen-bond donors (Lipinski definition) is 2. The number of piperidine rings is 1. The molecule has 6 heteroatoms. The summed E-state index contributed by atoms with van der Waals surface area (Å²) in [7, 11) is 1.65. The van der Waals surface area contributed by atoms with Gasteiger partial charge in [0.15, 0.2) is 0 Å². The number of nitrogens with zero attached hydrogens (tertiary/aromatic N) is 2. The van der Waals surface area contributed by atoms with Gasteiger partial charge in [0.25, 0.3) is 0 Å². The number of methoxy groups -OCH3 is 1. The third-order valence-corrected chi connectivity index (χ3v) is 4.59. The molecule has 1 aliphatic rings. The van der Waals surface area contributed by atoms with E-state index in [1.54, 1.807) is 13.3 Å². The lowest BCUT2D eigenvalue weighted by Gasteiger charge is -2.33. The number of H-pyrrole nitrogens is 1. The summed E-state index contributed by atoms with van der Waals surface area (Å²) in [6.07, 6.45) is 5.46. The fourth-order valence-corrected chi connectivity index (χ4v) is 3.37. The molecule has 2 N–H and O–H groups in total. The fourth-order valence-electron chi connectivity index (χ4n) is 3.37. The third kappa shape index (κ3) is 5.29. The molecule has 25 heavy (non-hydrogen) atoms. The Morgan fingerprint density at radius 1 is 1.44 bits per heavy atom. The number of hydrogen-bond acceptors (Lipinski definition) is 5. The summed E-state index contributed by atoms with van der Waals surface area (Å²) >= 11 is 0. The number of aromatic amines is 1. The average Bonchev–Trinajstić information content (AvgIpc) is 3.17. The maximum Gasteiger partial charge on any atom is 0.119 e. The SMILES string of the molecule is COc1cccc(COCC(O)CN2CCCC(c3ncc[nH]3)C2)c1. The summed E-state index contributed by atoms with van der Waals surface area (Å²) in [6.45, 7) is 3.39. The van der Waals surface area contributed by atoms with Crippen LogP contribution >= 0.6 is 0 Å². The molecule has 1 aromatic heterocycles. The van der Waals surface area contributed by atoms with Crippen molar-refractivity contribution < 1.29 is 14.6 Å². The number of rotatable bonds is 8. The smallest absolute Gasteiger partial charge is 0.119 e. The molecular formula is C19H27N3O3. The van der Waals surface area contributed by atoms with Crippen molar-refractivity contribution in [1.82, 2.24) is 14.9 Å². The van der Waals surface area contributed by atoms with E-state index >= 15 is 0 Å². The van der Waals surface area contributed by atoms with Gasteiger partial charge in [-0.25, -0.2) is 4.98 Å². The number of nitrogens with one attached hydrogen (secondary N) is 1. The van der Waals surface area contributed by atoms with Crippen LogP contribution in [0.25, 0.3) is 0 Å². The van der Waals surface area contributed by atoms with Crippen molar-refractivity contribution in [3.8, 4) is 5.75 Å². The van der Waals surface area contributed by atoms with Crippen LogP contribution < -0.4 is 4.74 Å². The number of aliphatic hydroxyl groups excluding tert-OH is 1. The zero-order chi connectivity index (χ0) is 17.5. The highest BCUT2D eigenvalue weighted by atomic mass is 16.5. The number of likely N-dealkylation sites (tertiary alicyclic amines) is 1. The highest BCUT2D eigenvalue weighted by molar-refractivity contribution is 5.27. The maximum atomic E-state index is 10.3. The Bertz CT molecular complexity index is 633. The van der Waals surface area contributed by atoms with Crippen LogP contribution in [0.1, 0.15) is 30.1 Å². The molecule has 0 radical (unpaired) electrons. The van der Waals surface area contributed by atoms with Gasteiger partial charge in [-0.05, 0) is 37.1 Å². The average molecular weight is 345 g/mol. The molecule has 0 amide bonds. The van der Waals surface area contributed by atoms with Crippen molar-refractivity contribution in [3.05, 3.63) is 48.0 Å². The molecule has 1 fully saturated rings. The molecular weight excluding hydrogens is 318 g/mol. The minimum absolute atomic E-state index is 0.332. The number of ether oxygens (including phenoxy) is 2. The molecule has 2 atom stereocenters. The number of aliphatic hydroxyl groups is 1. The molecule has 0 bridgehead atoms. The van der Waals surface area contributed by atoms with Crippen molar-refractivity contribution in [3.63, 3.8) is 0 Å². The molecule has 0 saturated carbocycles. The molecule has 2 unspecified atom stereocenters. The topological polar surface area (TPSA) is 70.6 Å². The Morgan fingerprint density at radius 2 is 2.36 bits per heavy atom. The largest absolute Gasteiger partial charge is 0.497 e. The van der Waals surface area contributed by atoms with Gasteiger partial charge in [-0.1, -0.05) is 12.1 Å². The Morgan fingerprint density at radius 3 is 3.16 bits per heavy atom. The van der Waals surface area contributed by atoms with E-state index in [2.05, 4.69) is 14.9 Å². The van der Waals surface area contributed by atoms with Gasteiger partial charge in [-0.3, -0.25) is 4.90 Å². The summed E-state index contributed by atoms with van der Waals surface area (Å²) < 4.78 is 10.9. The zero-order valence-electron chi connectivity index (χ0n) is 14.7. The predicted molar refractivity (Wildman–Crippen MR) is 95.7 cm³/mol. The van der Waals surface area contributed by atoms with Crippen molar-refractivity contribution in [2.45, 2.75) is 31.5 Å². The van der Waals surface area contributed by atoms with E-state index in [9.17, 15) is 5.11 Å². The molecule has 2 aromatic rings. The van der Waals surface area contributed by atoms with Gasteiger partial charge in [-0.2, -0.15) is 0 Å². The summed E-state index contributed by atoms with van der Waals surface area (Å²) in [5.74, 6) is 2.29. The van der Waals surface area contributed by atoms with Crippen LogP contribution in [-0.2, 0) is 11.3 Å². The quantitative estimate of drug-likeness (QED) is 0.767. The van der Waals surface area contributed by atoms with Gasteiger partial charge in [0.2, 0.25) is 0 Å². The van der Waals surface area contributed by atoms with Crippen LogP contribution in [0.2, 0.25) is 0 Å². The molecule has 0 spiro atoms. The number of imidazole rings is 1. The minimum atomic E-state index is -0.485. The van der Waals surface area contributed by atoms with Crippen LogP contribution in [0.4, 0.5) is 0 Å². The van der Waals surface area contributed by atoms with E-state index in [1.807, 2.05) is 30.5 Å². The lowest BCUT2D eigenvalue weighted by Crippen LogP contribution is -2.41. The normalized spacial score (nSPS) is 19.7. The van der Waals surface area contributed by atoms with Crippen molar-refractivity contribution in [2.24, 2.45) is 0 Å². The monoisotopic (exact) mass is 345 g/mol. The maximum absolute atomic E-state index is 10.3. The first-order chi connectivity index (χ1) is 12.2. The number of β-amino-alcohol motifs (C(OH)–C–C–N with tert-alkyl or cyclic N) is 1. The molecule has 1 aromatic carbocycles. The third-order valence-electron chi connectivity index (χ3n) is 4.59. The highest BCUT2D eigenvalue weighted by Gasteiger charge is 2.24. The first kappa shape index (κ1) is 17.9. The van der Waals surface area contributed by atoms with Crippen molar-refractivity contribution in [2.75, 3.05) is 33.4 Å². The van der Waals surface area contributed by atoms with Gasteiger partial charge in [0.05, 0.1) is 26.4 Å². The number of benzene rings is 1. The van der Waals surface area contributed by atoms with Crippen LogP contribution in [0, 0.1) is 0 Å². The molecule has 0 aliphatic carbocycles. The summed E-state index contributed by atoms with van der Waals surface area (Å²) in [6, 6.07) is 7.79. The van der Waals surface area contributed by atoms with Crippen LogP contribution in [-0.4, -0.2) is 59.4 Å². The summed E-state index contributed by atoms with van der Waals surface area (Å²) in [5.41, 5.74) is 1.04. The first-order valence-corrected chi connectivity index (χ1v) is 8.85. The molecule has 6 nitrogen and oxygen atoms in total. The van der Waals surface area contributed by atoms with Gasteiger partial charge >= 0.3 is 0 Å². The first-order valence-electron chi connectivity index (χ1n) is 8.85. The lowest BCUT2D eigenvalue weighted by atomic mass is 9.97. The van der Waals surface area contributed by atoms with Crippen LogP contribution in [0.15, 0.2) is 36.7 Å². The second-order valence-electron chi connectivity index (χ2n) is 6.59. The van der Waals surface area contributed by atoms with E-state index in [-0.39, 0.29) is 0 Å². The fraction of sp³-hybridized carbons (Fsp3) is 0.526. The lowest BCUT2D eigenvalue weighted by molar-refractivity contribution is 0.00549. The van der Waals surface area contributed by atoms with Gasteiger partial charge in [0, 0.05) is 31.4 Å². The zero-order valence-corrected chi connectivity index (χ0v) is 14.7. The van der Waals surface area contributed by atoms with E-state index < -0.39 is 6.10 Å². The van der Waals surface area contributed by atoms with E-state index in [0.29, 0.717) is 25.7 Å². The van der Waals surface area contributed by atoms with Gasteiger partial charge < -0.3 is 19.6 Å². The second-order valence-corrected chi connectivity index (χ2v) is 6.59. The standard InChI is InChI=1S/C19H27N3O3/c1-24-18-6-2-4-15(10-18)13-25-14-17(23)12-22-9-3-5-16(11-22)19-20-7-8-21-19/h2,4,6-8,10,16-17,23H,3,5,9,11-14H2,1H3,(H,20,21). The second kappa shape index (κ2) is 8.99. The minimum Gasteiger partial charge on any atom is -0.497 e. The molecule has 1 aliphatic heterocycles. The van der Waals surface area contributed by atoms with Gasteiger partial charge in [0.1, 0.15) is 11.6 Å². The van der Waals surface area contributed by atoms with Gasteiger partial charge in [-0.15, -0.1) is 0 Å². The summed E-state index contributed by atoms with van der Waals surface area (Å²) in [4.78, 5) is 9.88. The molecule has 1 saturated heterocycles. The van der Waals surface area contributed by atoms with Crippen molar-refractivity contribution in [1.29, 1.82) is 0 Å². The van der Waals surface area contributed by atoms with E-state index in [4.69, 9.17) is 9.47 Å².